The van der Waals surface area contributed by atoms with Crippen LogP contribution in [0, 0.1) is 0 Å². The average molecular weight is 242 g/mol. The van der Waals surface area contributed by atoms with Gasteiger partial charge < -0.3 is 20.1 Å². The van der Waals surface area contributed by atoms with E-state index in [4.69, 9.17) is 9.84 Å². The summed E-state index contributed by atoms with van der Waals surface area (Å²) in [5.74, 6) is 0.854. The maximum Gasteiger partial charge on any atom is 0.106 e. The third kappa shape index (κ3) is 5.06. The number of nitrogens with one attached hydrogen (secondary N) is 1. The number of hydrogen-bond acceptors (Lipinski definition) is 4. The molecule has 1 heterocycles. The number of rotatable bonds is 7. The minimum Gasteiger partial charge on any atom is -0.494 e. The predicted octanol–water partition coefficient (Wildman–Crippen LogP) is 0.970. The molecule has 2 atom stereocenters. The fourth-order valence-electron chi connectivity index (χ4n) is 2.24. The van der Waals surface area contributed by atoms with Crippen LogP contribution in [0.1, 0.15) is 26.7 Å². The van der Waals surface area contributed by atoms with Gasteiger partial charge in [-0.05, 0) is 33.7 Å². The first-order valence-electron chi connectivity index (χ1n) is 6.43. The zero-order valence-electron chi connectivity index (χ0n) is 11.3. The molecule has 17 heavy (non-hydrogen) atoms. The van der Waals surface area contributed by atoms with Crippen molar-refractivity contribution in [2.75, 3.05) is 26.7 Å². The van der Waals surface area contributed by atoms with Crippen LogP contribution >= 0.6 is 0 Å². The van der Waals surface area contributed by atoms with Crippen molar-refractivity contribution in [1.29, 1.82) is 0 Å². The number of ether oxygens (including phenoxy) is 1. The third-order valence-electron chi connectivity index (χ3n) is 3.03. The van der Waals surface area contributed by atoms with Crippen LogP contribution in [0.3, 0.4) is 0 Å². The molecule has 0 aromatic rings. The van der Waals surface area contributed by atoms with Gasteiger partial charge in [-0.2, -0.15) is 0 Å². The van der Waals surface area contributed by atoms with Gasteiger partial charge in [-0.15, -0.1) is 0 Å². The van der Waals surface area contributed by atoms with Crippen LogP contribution in [0.2, 0.25) is 0 Å². The maximum absolute atomic E-state index is 8.85. The van der Waals surface area contributed by atoms with E-state index < -0.39 is 0 Å². The van der Waals surface area contributed by atoms with Crippen molar-refractivity contribution in [3.8, 4) is 0 Å². The van der Waals surface area contributed by atoms with Crippen LogP contribution in [-0.2, 0) is 4.74 Å². The molecule has 0 aliphatic carbocycles. The second kappa shape index (κ2) is 6.99. The minimum absolute atomic E-state index is 0.195. The highest BCUT2D eigenvalue weighted by atomic mass is 16.5. The molecule has 1 aliphatic heterocycles. The lowest BCUT2D eigenvalue weighted by molar-refractivity contribution is 0.129. The Labute approximate surface area is 105 Å². The molecule has 0 radical (unpaired) electrons. The molecule has 1 fully saturated rings. The summed E-state index contributed by atoms with van der Waals surface area (Å²) in [6.45, 7) is 9.94. The summed E-state index contributed by atoms with van der Waals surface area (Å²) in [5.41, 5.74) is 0. The zero-order chi connectivity index (χ0) is 12.8. The second-order valence-corrected chi connectivity index (χ2v) is 5.11. The maximum atomic E-state index is 8.85. The van der Waals surface area contributed by atoms with Crippen molar-refractivity contribution in [3.05, 3.63) is 12.3 Å². The smallest absolute Gasteiger partial charge is 0.106 e. The van der Waals surface area contributed by atoms with Crippen LogP contribution in [0.4, 0.5) is 0 Å². The van der Waals surface area contributed by atoms with Crippen LogP contribution < -0.4 is 5.32 Å². The quantitative estimate of drug-likeness (QED) is 0.653. The number of nitrogens with zero attached hydrogens (tertiary/aromatic N) is 1. The van der Waals surface area contributed by atoms with Crippen molar-refractivity contribution >= 4 is 0 Å². The topological polar surface area (TPSA) is 44.7 Å². The molecule has 1 saturated heterocycles. The largest absolute Gasteiger partial charge is 0.494 e. The standard InChI is InChI=1S/C13H26N2O2/c1-10(2)17-11(3)13-6-5-12(14-13)9-15(4)7-8-16/h10,12-14,16H,3,5-9H2,1-2,4H3. The first-order chi connectivity index (χ1) is 8.02. The van der Waals surface area contributed by atoms with Gasteiger partial charge in [0.15, 0.2) is 0 Å². The summed E-state index contributed by atoms with van der Waals surface area (Å²) < 4.78 is 5.62. The lowest BCUT2D eigenvalue weighted by Gasteiger charge is -2.22. The predicted molar refractivity (Wildman–Crippen MR) is 69.9 cm³/mol. The highest BCUT2D eigenvalue weighted by Gasteiger charge is 2.27. The molecule has 4 nitrogen and oxygen atoms in total. The molecule has 0 bridgehead atoms. The summed E-state index contributed by atoms with van der Waals surface area (Å²) in [6.07, 6.45) is 2.42. The second-order valence-electron chi connectivity index (χ2n) is 5.11. The Morgan fingerprint density at radius 1 is 1.53 bits per heavy atom. The lowest BCUT2D eigenvalue weighted by atomic mass is 10.1. The highest BCUT2D eigenvalue weighted by Crippen LogP contribution is 2.20. The fourth-order valence-corrected chi connectivity index (χ4v) is 2.24. The molecule has 0 saturated carbocycles. The molecule has 0 amide bonds. The van der Waals surface area contributed by atoms with E-state index in [2.05, 4.69) is 16.8 Å². The van der Waals surface area contributed by atoms with Crippen molar-refractivity contribution in [2.24, 2.45) is 0 Å². The normalized spacial score (nSPS) is 24.6. The Balaban J connectivity index is 2.29. The Bertz CT molecular complexity index is 244. The number of hydrogen-bond donors (Lipinski definition) is 2. The van der Waals surface area contributed by atoms with Gasteiger partial charge in [0, 0.05) is 19.1 Å². The van der Waals surface area contributed by atoms with Crippen molar-refractivity contribution in [3.63, 3.8) is 0 Å². The van der Waals surface area contributed by atoms with Gasteiger partial charge in [0.25, 0.3) is 0 Å². The number of aliphatic hydroxyl groups excluding tert-OH is 1. The van der Waals surface area contributed by atoms with Crippen LogP contribution in [-0.4, -0.2) is 54.9 Å². The Hall–Kier alpha value is -0.580. The van der Waals surface area contributed by atoms with E-state index in [0.717, 1.165) is 31.7 Å². The molecule has 1 aliphatic rings. The van der Waals surface area contributed by atoms with Gasteiger partial charge in [-0.3, -0.25) is 0 Å². The van der Waals surface area contributed by atoms with Crippen LogP contribution in [0.15, 0.2) is 12.3 Å². The van der Waals surface area contributed by atoms with Gasteiger partial charge >= 0.3 is 0 Å². The van der Waals surface area contributed by atoms with E-state index in [9.17, 15) is 0 Å². The molecule has 1 rings (SSSR count). The van der Waals surface area contributed by atoms with Crippen molar-refractivity contribution < 1.29 is 9.84 Å². The van der Waals surface area contributed by atoms with Crippen LogP contribution in [0.5, 0.6) is 0 Å². The Morgan fingerprint density at radius 2 is 2.24 bits per heavy atom. The SMILES string of the molecule is C=C(OC(C)C)C1CCC(CN(C)CCO)N1. The molecule has 100 valence electrons. The Morgan fingerprint density at radius 3 is 2.82 bits per heavy atom. The zero-order valence-corrected chi connectivity index (χ0v) is 11.3. The highest BCUT2D eigenvalue weighted by molar-refractivity contribution is 5.03. The summed E-state index contributed by atoms with van der Waals surface area (Å²) >= 11 is 0. The van der Waals surface area contributed by atoms with Gasteiger partial charge in [0.2, 0.25) is 0 Å². The van der Waals surface area contributed by atoms with E-state index in [-0.39, 0.29) is 18.8 Å². The van der Waals surface area contributed by atoms with Gasteiger partial charge in [-0.25, -0.2) is 0 Å². The van der Waals surface area contributed by atoms with Gasteiger partial charge in [0.05, 0.1) is 18.8 Å². The first kappa shape index (κ1) is 14.5. The molecular weight excluding hydrogens is 216 g/mol. The fraction of sp³-hybridized carbons (Fsp3) is 0.846. The summed E-state index contributed by atoms with van der Waals surface area (Å²) in [7, 11) is 2.03. The summed E-state index contributed by atoms with van der Waals surface area (Å²) in [6, 6.07) is 0.758. The van der Waals surface area contributed by atoms with Crippen molar-refractivity contribution in [1.82, 2.24) is 10.2 Å². The Kier molecular flexibility index (Phi) is 5.95. The monoisotopic (exact) mass is 242 g/mol. The third-order valence-corrected chi connectivity index (χ3v) is 3.03. The van der Waals surface area contributed by atoms with E-state index in [1.807, 2.05) is 20.9 Å². The number of aliphatic hydroxyl groups is 1. The van der Waals surface area contributed by atoms with E-state index in [1.54, 1.807) is 0 Å². The van der Waals surface area contributed by atoms with E-state index in [1.165, 1.54) is 0 Å². The average Bonchev–Trinajstić information content (AvgIpc) is 2.65. The molecule has 2 N–H and O–H groups in total. The van der Waals surface area contributed by atoms with Gasteiger partial charge in [0.1, 0.15) is 5.76 Å². The molecule has 2 unspecified atom stereocenters. The minimum atomic E-state index is 0.195. The van der Waals surface area contributed by atoms with E-state index >= 15 is 0 Å². The molecule has 4 heteroatoms. The molecule has 0 spiro atoms. The van der Waals surface area contributed by atoms with Gasteiger partial charge in [-0.1, -0.05) is 6.58 Å². The summed E-state index contributed by atoms with van der Waals surface area (Å²) in [5, 5.41) is 12.4. The summed E-state index contributed by atoms with van der Waals surface area (Å²) in [4.78, 5) is 2.14. The van der Waals surface area contributed by atoms with E-state index in [0.29, 0.717) is 6.04 Å². The molecular formula is C13H26N2O2. The van der Waals surface area contributed by atoms with Crippen LogP contribution in [0.25, 0.3) is 0 Å². The number of likely N-dealkylation sites (N-methyl/N-ethyl adjacent to an activating group) is 1. The lowest BCUT2D eigenvalue weighted by Crippen LogP contribution is -2.40. The van der Waals surface area contributed by atoms with Crippen molar-refractivity contribution in [2.45, 2.75) is 44.9 Å². The molecule has 0 aromatic heterocycles. The molecule has 0 aromatic carbocycles. The first-order valence-corrected chi connectivity index (χ1v) is 6.43.